The Hall–Kier alpha value is -3.60. The number of alkyl halides is 2. The number of hydrogen-bond donors (Lipinski definition) is 2. The molecule has 0 radical (unpaired) electrons. The van der Waals surface area contributed by atoms with Crippen molar-refractivity contribution in [2.24, 2.45) is 5.73 Å². The van der Waals surface area contributed by atoms with Crippen molar-refractivity contribution >= 4 is 29.1 Å². The zero-order valence-corrected chi connectivity index (χ0v) is 22.1. The zero-order chi connectivity index (χ0) is 28.3. The summed E-state index contributed by atoms with van der Waals surface area (Å²) in [5.74, 6) is -1.35. The van der Waals surface area contributed by atoms with Crippen LogP contribution in [0.3, 0.4) is 0 Å². The fraction of sp³-hybridized carbons (Fsp3) is 0.321. The van der Waals surface area contributed by atoms with Crippen molar-refractivity contribution in [1.82, 2.24) is 4.57 Å². The summed E-state index contributed by atoms with van der Waals surface area (Å²) in [6, 6.07) is 11.2. The van der Waals surface area contributed by atoms with Gasteiger partial charge in [0.05, 0.1) is 12.7 Å². The van der Waals surface area contributed by atoms with E-state index in [1.165, 1.54) is 36.5 Å². The smallest absolute Gasteiger partial charge is 0.264 e. The lowest BCUT2D eigenvalue weighted by Crippen LogP contribution is -2.37. The van der Waals surface area contributed by atoms with Crippen LogP contribution in [0, 0.1) is 0 Å². The van der Waals surface area contributed by atoms with Gasteiger partial charge in [-0.25, -0.2) is 8.78 Å². The highest BCUT2D eigenvalue weighted by atomic mass is 35.5. The molecule has 1 aliphatic heterocycles. The van der Waals surface area contributed by atoms with Crippen molar-refractivity contribution in [3.05, 3.63) is 86.8 Å². The quantitative estimate of drug-likeness (QED) is 0.419. The Morgan fingerprint density at radius 1 is 1.15 bits per heavy atom. The molecule has 0 fully saturated rings. The molecule has 3 aromatic rings. The number of primary amides is 1. The molecule has 2 amide bonds. The number of pyridine rings is 1. The molecule has 2 heterocycles. The van der Waals surface area contributed by atoms with Crippen molar-refractivity contribution < 1.29 is 27.8 Å². The van der Waals surface area contributed by atoms with Crippen LogP contribution in [0.25, 0.3) is 11.1 Å². The van der Waals surface area contributed by atoms with Gasteiger partial charge in [0.1, 0.15) is 12.1 Å². The minimum Gasteiger partial charge on any atom is -0.375 e. The Morgan fingerprint density at radius 3 is 2.49 bits per heavy atom. The molecule has 2 aromatic carbocycles. The number of nitrogens with one attached hydrogen (secondary N) is 1. The average molecular weight is 560 g/mol. The van der Waals surface area contributed by atoms with Crippen molar-refractivity contribution in [2.45, 2.75) is 51.0 Å². The second kappa shape index (κ2) is 12.1. The van der Waals surface area contributed by atoms with E-state index in [4.69, 9.17) is 26.8 Å². The summed E-state index contributed by atoms with van der Waals surface area (Å²) >= 11 is 6.27. The van der Waals surface area contributed by atoms with Gasteiger partial charge in [-0.15, -0.1) is 0 Å². The lowest BCUT2D eigenvalue weighted by Gasteiger charge is -2.27. The van der Waals surface area contributed by atoms with Crippen LogP contribution in [0.15, 0.2) is 59.5 Å². The number of ether oxygens (including phenoxy) is 2. The number of carbonyl (C=O) groups excluding carboxylic acids is 2. The minimum absolute atomic E-state index is 0.133. The van der Waals surface area contributed by atoms with E-state index in [9.17, 15) is 23.2 Å². The minimum atomic E-state index is -2.89. The number of methoxy groups -OCH3 is 1. The van der Waals surface area contributed by atoms with Crippen molar-refractivity contribution in [1.29, 1.82) is 0 Å². The van der Waals surface area contributed by atoms with Crippen LogP contribution >= 0.6 is 11.6 Å². The molecule has 0 spiro atoms. The second-order valence-corrected chi connectivity index (χ2v) is 9.81. The van der Waals surface area contributed by atoms with E-state index >= 15 is 0 Å². The first-order valence-electron chi connectivity index (χ1n) is 12.2. The Labute approximate surface area is 228 Å². The number of hydrogen-bond acceptors (Lipinski definition) is 5. The lowest BCUT2D eigenvalue weighted by atomic mass is 9.92. The van der Waals surface area contributed by atoms with Gasteiger partial charge < -0.3 is 25.1 Å². The van der Waals surface area contributed by atoms with E-state index in [2.05, 4.69) is 5.32 Å². The Morgan fingerprint density at radius 2 is 1.85 bits per heavy atom. The number of nitrogens with zero attached hydrogens (tertiary/aromatic N) is 1. The third kappa shape index (κ3) is 6.52. The number of carbonyl (C=O) groups is 2. The highest BCUT2D eigenvalue weighted by Crippen LogP contribution is 2.33. The number of benzene rings is 2. The number of amides is 2. The largest absolute Gasteiger partial charge is 0.375 e. The van der Waals surface area contributed by atoms with Crippen LogP contribution in [-0.2, 0) is 27.3 Å². The number of aromatic nitrogens is 1. The number of anilines is 1. The topological polar surface area (TPSA) is 113 Å². The van der Waals surface area contributed by atoms with Crippen LogP contribution < -0.4 is 16.6 Å². The predicted molar refractivity (Wildman–Crippen MR) is 143 cm³/mol. The van der Waals surface area contributed by atoms with Crippen LogP contribution in [0.2, 0.25) is 5.02 Å². The fourth-order valence-electron chi connectivity index (χ4n) is 4.59. The molecule has 39 heavy (non-hydrogen) atoms. The van der Waals surface area contributed by atoms with Gasteiger partial charge in [-0.1, -0.05) is 17.7 Å². The molecule has 0 saturated heterocycles. The molecule has 11 heteroatoms. The number of halogens is 3. The first-order valence-corrected chi connectivity index (χ1v) is 12.6. The van der Waals surface area contributed by atoms with Gasteiger partial charge in [-0.3, -0.25) is 14.4 Å². The van der Waals surface area contributed by atoms with Gasteiger partial charge in [0.2, 0.25) is 11.8 Å². The van der Waals surface area contributed by atoms with Crippen molar-refractivity contribution in [2.75, 3.05) is 12.4 Å². The van der Waals surface area contributed by atoms with Crippen LogP contribution in [0.4, 0.5) is 14.5 Å². The van der Waals surface area contributed by atoms with Crippen molar-refractivity contribution in [3.63, 3.8) is 0 Å². The van der Waals surface area contributed by atoms with E-state index in [0.29, 0.717) is 28.3 Å². The van der Waals surface area contributed by atoms with Crippen LogP contribution in [0.1, 0.15) is 40.9 Å². The molecule has 8 nitrogen and oxygen atoms in total. The first kappa shape index (κ1) is 28.4. The predicted octanol–water partition coefficient (Wildman–Crippen LogP) is 4.58. The Kier molecular flexibility index (Phi) is 8.79. The van der Waals surface area contributed by atoms with E-state index in [-0.39, 0.29) is 18.3 Å². The number of nitrogens with two attached hydrogens (primary N) is 1. The standard InChI is InChI=1S/C28H28ClF2N3O5/c1-15-9-17-3-6-19(29)10-21(17)22-11-25(35)34(13-18(22)14-39-15)23(12-24(38-2)26(30)31)28(37)33-20-7-4-16(5-8-20)27(32)36/h3-8,10-11,13,15,23-24,26H,9,12,14H2,1-2H3,(H2,32,36)(H,33,37)/t15-,23+,24-/m1/s1. The van der Waals surface area contributed by atoms with Gasteiger partial charge in [0.25, 0.3) is 12.0 Å². The molecule has 1 aliphatic rings. The lowest BCUT2D eigenvalue weighted by molar-refractivity contribution is -0.121. The average Bonchev–Trinajstić information content (AvgIpc) is 2.89. The molecule has 206 valence electrons. The highest BCUT2D eigenvalue weighted by Gasteiger charge is 2.31. The summed E-state index contributed by atoms with van der Waals surface area (Å²) in [7, 11) is 1.12. The summed E-state index contributed by atoms with van der Waals surface area (Å²) in [5.41, 5.74) is 8.12. The second-order valence-electron chi connectivity index (χ2n) is 9.38. The third-order valence-electron chi connectivity index (χ3n) is 6.67. The van der Waals surface area contributed by atoms with Gasteiger partial charge >= 0.3 is 0 Å². The van der Waals surface area contributed by atoms with Gasteiger partial charge in [-0.05, 0) is 66.4 Å². The van der Waals surface area contributed by atoms with Gasteiger partial charge in [0, 0.05) is 47.6 Å². The maximum atomic E-state index is 13.7. The monoisotopic (exact) mass is 559 g/mol. The molecular formula is C28H28ClF2N3O5. The SMILES string of the molecule is CO[C@H](C[C@@H](C(=O)Nc1ccc(C(N)=O)cc1)n1cc2c(cc1=O)-c1cc(Cl)ccc1C[C@@H](C)OC2)C(F)F. The zero-order valence-electron chi connectivity index (χ0n) is 21.3. The highest BCUT2D eigenvalue weighted by molar-refractivity contribution is 6.30. The Bertz CT molecular complexity index is 1430. The molecule has 0 aliphatic carbocycles. The summed E-state index contributed by atoms with van der Waals surface area (Å²) < 4.78 is 39.4. The molecule has 1 aromatic heterocycles. The van der Waals surface area contributed by atoms with Crippen molar-refractivity contribution in [3.8, 4) is 11.1 Å². The van der Waals surface area contributed by atoms with Crippen LogP contribution in [-0.4, -0.2) is 42.1 Å². The summed E-state index contributed by atoms with van der Waals surface area (Å²) in [6.45, 7) is 2.05. The molecule has 3 N–H and O–H groups in total. The fourth-order valence-corrected chi connectivity index (χ4v) is 4.76. The summed E-state index contributed by atoms with van der Waals surface area (Å²) in [5, 5.41) is 3.13. The maximum Gasteiger partial charge on any atom is 0.264 e. The van der Waals surface area contributed by atoms with E-state index in [1.807, 2.05) is 13.0 Å². The Balaban J connectivity index is 1.78. The first-order chi connectivity index (χ1) is 18.6. The maximum absolute atomic E-state index is 13.7. The molecule has 4 rings (SSSR count). The van der Waals surface area contributed by atoms with E-state index in [0.717, 1.165) is 22.8 Å². The molecule has 0 unspecified atom stereocenters. The molecule has 0 bridgehead atoms. The van der Waals surface area contributed by atoms with Gasteiger partial charge in [0.15, 0.2) is 0 Å². The normalized spacial score (nSPS) is 16.4. The van der Waals surface area contributed by atoms with E-state index < -0.39 is 42.4 Å². The molecule has 0 saturated carbocycles. The molecular weight excluding hydrogens is 532 g/mol. The van der Waals surface area contributed by atoms with Gasteiger partial charge in [-0.2, -0.15) is 0 Å². The van der Waals surface area contributed by atoms with E-state index in [1.54, 1.807) is 12.1 Å². The number of fused-ring (bicyclic) bond motifs is 3. The molecule has 3 atom stereocenters. The summed E-state index contributed by atoms with van der Waals surface area (Å²) in [6.07, 6.45) is -3.03. The number of rotatable bonds is 8. The summed E-state index contributed by atoms with van der Waals surface area (Å²) in [4.78, 5) is 38.2. The third-order valence-corrected chi connectivity index (χ3v) is 6.91. The van der Waals surface area contributed by atoms with Crippen LogP contribution in [0.5, 0.6) is 0 Å².